The van der Waals surface area contributed by atoms with Gasteiger partial charge in [-0.15, -0.1) is 0 Å². The number of aryl methyl sites for hydroxylation is 2. The Labute approximate surface area is 103 Å². The Morgan fingerprint density at radius 3 is 2.94 bits per heavy atom. The number of ether oxygens (including phenoxy) is 1. The average Bonchev–Trinajstić information content (AvgIpc) is 2.81. The van der Waals surface area contributed by atoms with Crippen LogP contribution in [0.2, 0.25) is 0 Å². The summed E-state index contributed by atoms with van der Waals surface area (Å²) in [6.45, 7) is 0.800. The lowest BCUT2D eigenvalue weighted by Gasteiger charge is -2.16. The molecule has 0 heterocycles. The molecule has 0 saturated heterocycles. The molecule has 1 aliphatic carbocycles. The van der Waals surface area contributed by atoms with Crippen molar-refractivity contribution in [1.82, 2.24) is 5.32 Å². The van der Waals surface area contributed by atoms with E-state index in [0.717, 1.165) is 12.2 Å². The molecular formula is C14H21NO2. The van der Waals surface area contributed by atoms with Gasteiger partial charge in [0.1, 0.15) is 12.4 Å². The molecule has 0 aliphatic heterocycles. The summed E-state index contributed by atoms with van der Waals surface area (Å²) >= 11 is 0. The maximum absolute atomic E-state index is 8.90. The smallest absolute Gasteiger partial charge is 0.119 e. The van der Waals surface area contributed by atoms with E-state index < -0.39 is 0 Å². The number of hydrogen-bond donors (Lipinski definition) is 2. The highest BCUT2D eigenvalue weighted by Crippen LogP contribution is 2.26. The Morgan fingerprint density at radius 2 is 2.18 bits per heavy atom. The molecule has 17 heavy (non-hydrogen) atoms. The molecule has 0 aromatic heterocycles. The van der Waals surface area contributed by atoms with E-state index in [1.165, 1.54) is 30.4 Å². The summed E-state index contributed by atoms with van der Waals surface area (Å²) in [6, 6.07) is 6.61. The van der Waals surface area contributed by atoms with Crippen molar-refractivity contribution in [3.63, 3.8) is 0 Å². The van der Waals surface area contributed by atoms with E-state index in [9.17, 15) is 0 Å². The van der Waals surface area contributed by atoms with Crippen LogP contribution in [0.5, 0.6) is 5.75 Å². The number of nitrogens with one attached hydrogen (secondary N) is 1. The minimum absolute atomic E-state index is 0.194. The molecule has 1 unspecified atom stereocenters. The van der Waals surface area contributed by atoms with Crippen molar-refractivity contribution < 1.29 is 9.84 Å². The summed E-state index contributed by atoms with van der Waals surface area (Å²) in [6.07, 6.45) is 4.38. The summed E-state index contributed by atoms with van der Waals surface area (Å²) < 4.78 is 5.76. The van der Waals surface area contributed by atoms with Crippen molar-refractivity contribution >= 4 is 0 Å². The quantitative estimate of drug-likeness (QED) is 0.785. The topological polar surface area (TPSA) is 41.5 Å². The molecule has 0 spiro atoms. The van der Waals surface area contributed by atoms with Crippen LogP contribution < -0.4 is 10.1 Å². The lowest BCUT2D eigenvalue weighted by Crippen LogP contribution is -2.32. The highest BCUT2D eigenvalue weighted by Gasteiger charge is 2.12. The fourth-order valence-electron chi connectivity index (χ4n) is 2.30. The van der Waals surface area contributed by atoms with Crippen LogP contribution in [0.25, 0.3) is 0 Å². The first-order valence-corrected chi connectivity index (χ1v) is 6.36. The van der Waals surface area contributed by atoms with Gasteiger partial charge in [-0.2, -0.15) is 0 Å². The number of likely N-dealkylation sites (N-methyl/N-ethyl adjacent to an activating group) is 1. The van der Waals surface area contributed by atoms with Gasteiger partial charge in [0.2, 0.25) is 0 Å². The zero-order valence-electron chi connectivity index (χ0n) is 10.4. The third kappa shape index (κ3) is 3.20. The van der Waals surface area contributed by atoms with Gasteiger partial charge in [-0.25, -0.2) is 0 Å². The van der Waals surface area contributed by atoms with Crippen molar-refractivity contribution in [2.45, 2.75) is 31.7 Å². The van der Waals surface area contributed by atoms with Gasteiger partial charge in [0.25, 0.3) is 0 Å². The predicted octanol–water partition coefficient (Wildman–Crippen LogP) is 1.52. The number of rotatable bonds is 6. The van der Waals surface area contributed by atoms with Crippen LogP contribution in [-0.2, 0) is 12.8 Å². The minimum Gasteiger partial charge on any atom is -0.492 e. The highest BCUT2D eigenvalue weighted by atomic mass is 16.5. The van der Waals surface area contributed by atoms with Gasteiger partial charge in [-0.05, 0) is 56.0 Å². The maximum Gasteiger partial charge on any atom is 0.119 e. The normalized spacial score (nSPS) is 15.6. The van der Waals surface area contributed by atoms with E-state index in [4.69, 9.17) is 9.84 Å². The van der Waals surface area contributed by atoms with Crippen molar-refractivity contribution in [3.8, 4) is 5.75 Å². The molecule has 1 aromatic rings. The predicted molar refractivity (Wildman–Crippen MR) is 68.5 cm³/mol. The number of hydrogen-bond acceptors (Lipinski definition) is 3. The third-order valence-electron chi connectivity index (χ3n) is 3.41. The van der Waals surface area contributed by atoms with Crippen LogP contribution in [0.1, 0.15) is 24.0 Å². The standard InChI is InChI=1S/C14H21NO2/c1-15-13(7-8-16)10-17-14-6-5-11-3-2-4-12(11)9-14/h5-6,9,13,15-16H,2-4,7-8,10H2,1H3. The van der Waals surface area contributed by atoms with Crippen LogP contribution >= 0.6 is 0 Å². The van der Waals surface area contributed by atoms with Crippen LogP contribution in [0.4, 0.5) is 0 Å². The summed E-state index contributed by atoms with van der Waals surface area (Å²) in [5, 5.41) is 12.0. The molecule has 3 nitrogen and oxygen atoms in total. The van der Waals surface area contributed by atoms with Gasteiger partial charge in [0, 0.05) is 12.6 Å². The summed E-state index contributed by atoms with van der Waals surface area (Å²) in [5.74, 6) is 0.948. The Bertz CT molecular complexity index is 365. The fourth-order valence-corrected chi connectivity index (χ4v) is 2.30. The van der Waals surface area contributed by atoms with Gasteiger partial charge in [-0.1, -0.05) is 6.07 Å². The molecule has 0 radical (unpaired) electrons. The Balaban J connectivity index is 1.90. The lowest BCUT2D eigenvalue weighted by molar-refractivity contribution is 0.218. The summed E-state index contributed by atoms with van der Waals surface area (Å²) in [7, 11) is 1.90. The van der Waals surface area contributed by atoms with Crippen LogP contribution in [0, 0.1) is 0 Å². The molecule has 1 aliphatic rings. The Morgan fingerprint density at radius 1 is 1.35 bits per heavy atom. The molecule has 0 fully saturated rings. The monoisotopic (exact) mass is 235 g/mol. The fraction of sp³-hybridized carbons (Fsp3) is 0.571. The number of fused-ring (bicyclic) bond motifs is 1. The molecule has 1 aromatic carbocycles. The van der Waals surface area contributed by atoms with Crippen molar-refractivity contribution in [3.05, 3.63) is 29.3 Å². The largest absolute Gasteiger partial charge is 0.492 e. The van der Waals surface area contributed by atoms with E-state index in [1.54, 1.807) is 0 Å². The number of aliphatic hydroxyl groups excluding tert-OH is 1. The van der Waals surface area contributed by atoms with Gasteiger partial charge in [0.15, 0.2) is 0 Å². The van der Waals surface area contributed by atoms with Gasteiger partial charge >= 0.3 is 0 Å². The first kappa shape index (κ1) is 12.4. The molecule has 2 rings (SSSR count). The first-order valence-electron chi connectivity index (χ1n) is 6.36. The second-order valence-corrected chi connectivity index (χ2v) is 4.59. The molecule has 0 amide bonds. The van der Waals surface area contributed by atoms with Crippen molar-refractivity contribution in [2.24, 2.45) is 0 Å². The van der Waals surface area contributed by atoms with E-state index in [1.807, 2.05) is 7.05 Å². The average molecular weight is 235 g/mol. The molecule has 0 bridgehead atoms. The van der Waals surface area contributed by atoms with E-state index in [2.05, 4.69) is 23.5 Å². The SMILES string of the molecule is CNC(CCO)COc1ccc2c(c1)CCC2. The van der Waals surface area contributed by atoms with Gasteiger partial charge in [0.05, 0.1) is 0 Å². The second kappa shape index (κ2) is 6.03. The molecule has 94 valence electrons. The first-order chi connectivity index (χ1) is 8.33. The second-order valence-electron chi connectivity index (χ2n) is 4.59. The number of aliphatic hydroxyl groups is 1. The maximum atomic E-state index is 8.90. The molecule has 3 heteroatoms. The summed E-state index contributed by atoms with van der Waals surface area (Å²) in [4.78, 5) is 0. The molecule has 2 N–H and O–H groups in total. The molecular weight excluding hydrogens is 214 g/mol. The van der Waals surface area contributed by atoms with E-state index >= 15 is 0 Å². The number of benzene rings is 1. The van der Waals surface area contributed by atoms with Crippen LogP contribution in [0.3, 0.4) is 0 Å². The van der Waals surface area contributed by atoms with E-state index in [-0.39, 0.29) is 12.6 Å². The third-order valence-corrected chi connectivity index (χ3v) is 3.41. The molecule has 1 atom stereocenters. The van der Waals surface area contributed by atoms with Crippen LogP contribution in [-0.4, -0.2) is 31.4 Å². The summed E-state index contributed by atoms with van der Waals surface area (Å²) in [5.41, 5.74) is 2.91. The van der Waals surface area contributed by atoms with Crippen molar-refractivity contribution in [1.29, 1.82) is 0 Å². The van der Waals surface area contributed by atoms with E-state index in [0.29, 0.717) is 6.61 Å². The molecule has 0 saturated carbocycles. The zero-order chi connectivity index (χ0) is 12.1. The lowest BCUT2D eigenvalue weighted by atomic mass is 10.1. The van der Waals surface area contributed by atoms with Gasteiger partial charge in [-0.3, -0.25) is 0 Å². The van der Waals surface area contributed by atoms with Crippen molar-refractivity contribution in [2.75, 3.05) is 20.3 Å². The highest BCUT2D eigenvalue weighted by molar-refractivity contribution is 5.38. The van der Waals surface area contributed by atoms with Crippen LogP contribution in [0.15, 0.2) is 18.2 Å². The van der Waals surface area contributed by atoms with Gasteiger partial charge < -0.3 is 15.2 Å². The minimum atomic E-state index is 0.194. The zero-order valence-corrected chi connectivity index (χ0v) is 10.4. The Kier molecular flexibility index (Phi) is 4.40. The Hall–Kier alpha value is -1.06.